The number of hydrogen-bond donors (Lipinski definition) is 0. The summed E-state index contributed by atoms with van der Waals surface area (Å²) in [5.41, 5.74) is 1.43. The van der Waals surface area contributed by atoms with Gasteiger partial charge in [0.1, 0.15) is 0 Å². The average molecular weight is 179 g/mol. The van der Waals surface area contributed by atoms with Gasteiger partial charge in [0, 0.05) is 6.54 Å². The van der Waals surface area contributed by atoms with Crippen LogP contribution in [0.15, 0.2) is 24.3 Å². The van der Waals surface area contributed by atoms with Crippen LogP contribution in [-0.4, -0.2) is 25.0 Å². The molecule has 1 unspecified atom stereocenters. The van der Waals surface area contributed by atoms with Crippen molar-refractivity contribution >= 4 is 0 Å². The van der Waals surface area contributed by atoms with Gasteiger partial charge in [-0.25, -0.2) is 0 Å². The molecule has 0 amide bonds. The maximum atomic E-state index is 3.86. The first-order valence-corrected chi connectivity index (χ1v) is 5.26. The first kappa shape index (κ1) is 10.5. The largest absolute Gasteiger partial charge is 0.306 e. The van der Waals surface area contributed by atoms with Crippen LogP contribution in [0.5, 0.6) is 0 Å². The third-order valence-electron chi connectivity index (χ3n) is 2.74. The summed E-state index contributed by atoms with van der Waals surface area (Å²) in [6.45, 7) is 8.57. The number of hydrogen-bond acceptors (Lipinski definition) is 1. The van der Waals surface area contributed by atoms with E-state index < -0.39 is 0 Å². The monoisotopic (exact) mass is 179 g/mol. The highest BCUT2D eigenvalue weighted by Crippen LogP contribution is 2.22. The second-order valence-corrected chi connectivity index (χ2v) is 4.01. The third kappa shape index (κ3) is 3.35. The Morgan fingerprint density at radius 2 is 2.38 bits per heavy atom. The lowest BCUT2D eigenvalue weighted by Crippen LogP contribution is -2.14. The van der Waals surface area contributed by atoms with Gasteiger partial charge in [0.05, 0.1) is 0 Å². The Bertz CT molecular complexity index is 193. The lowest BCUT2D eigenvalue weighted by molar-refractivity contribution is 0.394. The minimum atomic E-state index is 0.862. The van der Waals surface area contributed by atoms with Gasteiger partial charge in [0.25, 0.3) is 0 Å². The smallest absolute Gasteiger partial charge is 0.00103 e. The molecule has 0 N–H and O–H groups in total. The molecule has 0 spiro atoms. The van der Waals surface area contributed by atoms with Gasteiger partial charge in [-0.05, 0) is 38.8 Å². The van der Waals surface area contributed by atoms with Crippen molar-refractivity contribution in [3.63, 3.8) is 0 Å². The predicted molar refractivity (Wildman–Crippen MR) is 58.8 cm³/mol. The molecule has 0 aliphatic carbocycles. The maximum Gasteiger partial charge on any atom is 0.00103 e. The molecule has 0 aromatic rings. The highest BCUT2D eigenvalue weighted by Gasteiger charge is 2.19. The second-order valence-electron chi connectivity index (χ2n) is 4.01. The molecule has 74 valence electrons. The van der Waals surface area contributed by atoms with E-state index in [0.29, 0.717) is 0 Å². The molecular formula is C12H21N. The van der Waals surface area contributed by atoms with Crippen molar-refractivity contribution in [2.75, 3.05) is 20.1 Å². The van der Waals surface area contributed by atoms with Crippen molar-refractivity contribution in [3.8, 4) is 0 Å². The highest BCUT2D eigenvalue weighted by atomic mass is 15.1. The summed E-state index contributed by atoms with van der Waals surface area (Å²) in [7, 11) is 2.21. The molecule has 1 heteroatoms. The number of rotatable bonds is 4. The van der Waals surface area contributed by atoms with Gasteiger partial charge in [-0.1, -0.05) is 31.2 Å². The summed E-state index contributed by atoms with van der Waals surface area (Å²) in [6, 6.07) is 0. The molecule has 1 saturated heterocycles. The highest BCUT2D eigenvalue weighted by molar-refractivity contribution is 5.16. The Kier molecular flexibility index (Phi) is 4.23. The van der Waals surface area contributed by atoms with E-state index in [1.165, 1.54) is 31.5 Å². The van der Waals surface area contributed by atoms with Crippen molar-refractivity contribution < 1.29 is 0 Å². The predicted octanol–water partition coefficient (Wildman–Crippen LogP) is 2.85. The van der Waals surface area contributed by atoms with Crippen LogP contribution in [0.1, 0.15) is 26.2 Å². The standard InChI is InChI=1S/C12H21N/c1-4-6-11(5-2)9-12-7-8-13(3)10-12/h5-6,12H,2,4,7-10H2,1,3H3/b11-6+. The van der Waals surface area contributed by atoms with E-state index in [2.05, 4.69) is 31.5 Å². The van der Waals surface area contributed by atoms with Crippen LogP contribution in [0.4, 0.5) is 0 Å². The number of nitrogens with zero attached hydrogens (tertiary/aromatic N) is 1. The molecule has 0 bridgehead atoms. The van der Waals surface area contributed by atoms with Gasteiger partial charge in [0.15, 0.2) is 0 Å². The summed E-state index contributed by atoms with van der Waals surface area (Å²) in [6.07, 6.45) is 8.02. The van der Waals surface area contributed by atoms with E-state index in [4.69, 9.17) is 0 Å². The van der Waals surface area contributed by atoms with Gasteiger partial charge < -0.3 is 4.90 Å². The first-order chi connectivity index (χ1) is 6.26. The Balaban J connectivity index is 2.38. The fraction of sp³-hybridized carbons (Fsp3) is 0.667. The molecular weight excluding hydrogens is 158 g/mol. The molecule has 0 aromatic heterocycles. The van der Waals surface area contributed by atoms with Crippen LogP contribution in [0.3, 0.4) is 0 Å². The molecule has 1 rings (SSSR count). The summed E-state index contributed by atoms with van der Waals surface area (Å²) < 4.78 is 0. The van der Waals surface area contributed by atoms with Crippen molar-refractivity contribution in [1.29, 1.82) is 0 Å². The summed E-state index contributed by atoms with van der Waals surface area (Å²) >= 11 is 0. The molecule has 13 heavy (non-hydrogen) atoms. The van der Waals surface area contributed by atoms with Crippen LogP contribution in [-0.2, 0) is 0 Å². The normalized spacial score (nSPS) is 25.1. The first-order valence-electron chi connectivity index (χ1n) is 5.26. The van der Waals surface area contributed by atoms with Crippen molar-refractivity contribution in [2.24, 2.45) is 5.92 Å². The van der Waals surface area contributed by atoms with Crippen molar-refractivity contribution in [1.82, 2.24) is 4.90 Å². The van der Waals surface area contributed by atoms with E-state index in [9.17, 15) is 0 Å². The SMILES string of the molecule is C=C/C(=C\CC)CC1CCN(C)C1. The Hall–Kier alpha value is -0.560. The van der Waals surface area contributed by atoms with Gasteiger partial charge in [0.2, 0.25) is 0 Å². The summed E-state index contributed by atoms with van der Waals surface area (Å²) in [5, 5.41) is 0. The van der Waals surface area contributed by atoms with Crippen molar-refractivity contribution in [2.45, 2.75) is 26.2 Å². The van der Waals surface area contributed by atoms with E-state index in [-0.39, 0.29) is 0 Å². The molecule has 1 aliphatic heterocycles. The fourth-order valence-corrected chi connectivity index (χ4v) is 2.04. The van der Waals surface area contributed by atoms with Gasteiger partial charge in [-0.3, -0.25) is 0 Å². The van der Waals surface area contributed by atoms with E-state index in [0.717, 1.165) is 12.3 Å². The topological polar surface area (TPSA) is 3.24 Å². The number of allylic oxidation sites excluding steroid dienone is 3. The second kappa shape index (κ2) is 5.23. The van der Waals surface area contributed by atoms with Crippen LogP contribution in [0.25, 0.3) is 0 Å². The molecule has 1 atom stereocenters. The van der Waals surface area contributed by atoms with Crippen LogP contribution >= 0.6 is 0 Å². The average Bonchev–Trinajstić information content (AvgIpc) is 2.50. The van der Waals surface area contributed by atoms with Crippen molar-refractivity contribution in [3.05, 3.63) is 24.3 Å². The minimum absolute atomic E-state index is 0.862. The van der Waals surface area contributed by atoms with Gasteiger partial charge >= 0.3 is 0 Å². The lowest BCUT2D eigenvalue weighted by Gasteiger charge is -2.10. The molecule has 1 aliphatic rings. The Morgan fingerprint density at radius 3 is 2.85 bits per heavy atom. The minimum Gasteiger partial charge on any atom is -0.306 e. The van der Waals surface area contributed by atoms with Gasteiger partial charge in [-0.2, -0.15) is 0 Å². The van der Waals surface area contributed by atoms with Crippen LogP contribution in [0.2, 0.25) is 0 Å². The molecule has 1 heterocycles. The van der Waals surface area contributed by atoms with Crippen LogP contribution in [0, 0.1) is 5.92 Å². The van der Waals surface area contributed by atoms with Crippen LogP contribution < -0.4 is 0 Å². The molecule has 0 aromatic carbocycles. The molecule has 1 fully saturated rings. The van der Waals surface area contributed by atoms with Gasteiger partial charge in [-0.15, -0.1) is 0 Å². The molecule has 0 radical (unpaired) electrons. The summed E-state index contributed by atoms with van der Waals surface area (Å²) in [4.78, 5) is 2.41. The zero-order valence-electron chi connectivity index (χ0n) is 8.92. The quantitative estimate of drug-likeness (QED) is 0.600. The maximum absolute atomic E-state index is 3.86. The third-order valence-corrected chi connectivity index (χ3v) is 2.74. The van der Waals surface area contributed by atoms with E-state index in [1.807, 2.05) is 6.08 Å². The molecule has 1 nitrogen and oxygen atoms in total. The van der Waals surface area contributed by atoms with E-state index >= 15 is 0 Å². The summed E-state index contributed by atoms with van der Waals surface area (Å²) in [5.74, 6) is 0.862. The fourth-order valence-electron chi connectivity index (χ4n) is 2.04. The number of likely N-dealkylation sites (tertiary alicyclic amines) is 1. The Morgan fingerprint density at radius 1 is 1.62 bits per heavy atom. The zero-order valence-corrected chi connectivity index (χ0v) is 8.92. The lowest BCUT2D eigenvalue weighted by atomic mass is 9.98. The zero-order chi connectivity index (χ0) is 9.68. The Labute approximate surface area is 82.1 Å². The van der Waals surface area contributed by atoms with E-state index in [1.54, 1.807) is 0 Å². The molecule has 0 saturated carbocycles.